The molecule has 2 N–H and O–H groups in total. The van der Waals surface area contributed by atoms with Crippen LogP contribution in [0.3, 0.4) is 0 Å². The van der Waals surface area contributed by atoms with E-state index in [1.54, 1.807) is 13.0 Å². The Balaban J connectivity index is 2.21. The standard InChI is InChI=1S/C14H13F3N4O2/c1-8(13-19-6-5-10(21-13)12(18)22)9-3-2-4-11(20-9)23-7-14(15,16)17/h2-6,8H,7H2,1H3,(H2,18,22). The lowest BCUT2D eigenvalue weighted by Crippen LogP contribution is -2.20. The summed E-state index contributed by atoms with van der Waals surface area (Å²) in [5, 5.41) is 0. The second-order valence-electron chi connectivity index (χ2n) is 4.69. The zero-order chi connectivity index (χ0) is 17.0. The van der Waals surface area contributed by atoms with Crippen LogP contribution >= 0.6 is 0 Å². The Hall–Kier alpha value is -2.71. The first-order valence-electron chi connectivity index (χ1n) is 6.55. The molecule has 0 aliphatic rings. The van der Waals surface area contributed by atoms with Gasteiger partial charge in [-0.3, -0.25) is 4.79 Å². The lowest BCUT2D eigenvalue weighted by Gasteiger charge is -2.12. The van der Waals surface area contributed by atoms with Gasteiger partial charge in [-0.25, -0.2) is 15.0 Å². The highest BCUT2D eigenvalue weighted by Gasteiger charge is 2.28. The number of primary amides is 1. The van der Waals surface area contributed by atoms with Crippen molar-refractivity contribution in [2.75, 3.05) is 6.61 Å². The lowest BCUT2D eigenvalue weighted by atomic mass is 10.1. The predicted octanol–water partition coefficient (Wildman–Crippen LogP) is 2.06. The third-order valence-corrected chi connectivity index (χ3v) is 2.89. The molecule has 1 amide bonds. The van der Waals surface area contributed by atoms with Crippen LogP contribution in [0.25, 0.3) is 0 Å². The summed E-state index contributed by atoms with van der Waals surface area (Å²) in [5.74, 6) is -1.03. The van der Waals surface area contributed by atoms with Crippen LogP contribution in [0.1, 0.15) is 34.8 Å². The molecule has 0 spiro atoms. The maximum Gasteiger partial charge on any atom is 0.422 e. The van der Waals surface area contributed by atoms with E-state index < -0.39 is 24.6 Å². The zero-order valence-corrected chi connectivity index (χ0v) is 12.0. The normalized spacial score (nSPS) is 12.7. The second kappa shape index (κ2) is 6.59. The molecule has 0 aliphatic heterocycles. The van der Waals surface area contributed by atoms with Gasteiger partial charge in [0, 0.05) is 12.3 Å². The smallest absolute Gasteiger partial charge is 0.422 e. The van der Waals surface area contributed by atoms with Crippen molar-refractivity contribution in [3.05, 3.63) is 47.7 Å². The molecule has 1 atom stereocenters. The van der Waals surface area contributed by atoms with Crippen molar-refractivity contribution in [3.8, 4) is 5.88 Å². The third kappa shape index (κ3) is 4.63. The highest BCUT2D eigenvalue weighted by atomic mass is 19.4. The largest absolute Gasteiger partial charge is 0.468 e. The van der Waals surface area contributed by atoms with Crippen LogP contribution in [0.15, 0.2) is 30.5 Å². The molecular formula is C14H13F3N4O2. The summed E-state index contributed by atoms with van der Waals surface area (Å²) >= 11 is 0. The molecule has 6 nitrogen and oxygen atoms in total. The van der Waals surface area contributed by atoms with Gasteiger partial charge in [-0.1, -0.05) is 6.07 Å². The second-order valence-corrected chi connectivity index (χ2v) is 4.69. The Labute approximate surface area is 129 Å². The Morgan fingerprint density at radius 2 is 2.04 bits per heavy atom. The summed E-state index contributed by atoms with van der Waals surface area (Å²) in [4.78, 5) is 23.2. The minimum atomic E-state index is -4.44. The van der Waals surface area contributed by atoms with Crippen LogP contribution in [-0.2, 0) is 0 Å². The van der Waals surface area contributed by atoms with Crippen molar-refractivity contribution in [3.63, 3.8) is 0 Å². The fourth-order valence-corrected chi connectivity index (χ4v) is 1.76. The van der Waals surface area contributed by atoms with Crippen molar-refractivity contribution in [1.29, 1.82) is 0 Å². The number of aromatic nitrogens is 3. The molecule has 2 rings (SSSR count). The van der Waals surface area contributed by atoms with Crippen molar-refractivity contribution >= 4 is 5.91 Å². The number of nitrogens with two attached hydrogens (primary N) is 1. The van der Waals surface area contributed by atoms with Crippen LogP contribution < -0.4 is 10.5 Å². The summed E-state index contributed by atoms with van der Waals surface area (Å²) in [6.45, 7) is 0.279. The number of ether oxygens (including phenoxy) is 1. The Morgan fingerprint density at radius 3 is 2.70 bits per heavy atom. The molecule has 0 bridgehead atoms. The van der Waals surface area contributed by atoms with Crippen LogP contribution in [0.5, 0.6) is 5.88 Å². The Bertz CT molecular complexity index is 706. The van der Waals surface area contributed by atoms with Crippen LogP contribution in [0.2, 0.25) is 0 Å². The quantitative estimate of drug-likeness (QED) is 0.908. The maximum atomic E-state index is 12.2. The number of carbonyl (C=O) groups excluding carboxylic acids is 1. The van der Waals surface area contributed by atoms with Gasteiger partial charge in [-0.15, -0.1) is 0 Å². The molecule has 122 valence electrons. The predicted molar refractivity (Wildman–Crippen MR) is 73.9 cm³/mol. The highest BCUT2D eigenvalue weighted by Crippen LogP contribution is 2.22. The fraction of sp³-hybridized carbons (Fsp3) is 0.286. The first-order valence-corrected chi connectivity index (χ1v) is 6.55. The number of hydrogen-bond donors (Lipinski definition) is 1. The van der Waals surface area contributed by atoms with Gasteiger partial charge in [-0.2, -0.15) is 13.2 Å². The van der Waals surface area contributed by atoms with Gasteiger partial charge in [0.2, 0.25) is 5.88 Å². The van der Waals surface area contributed by atoms with Gasteiger partial charge in [0.1, 0.15) is 11.5 Å². The monoisotopic (exact) mass is 326 g/mol. The highest BCUT2D eigenvalue weighted by molar-refractivity contribution is 5.90. The van der Waals surface area contributed by atoms with Gasteiger partial charge in [0.05, 0.1) is 11.6 Å². The molecule has 9 heteroatoms. The summed E-state index contributed by atoms with van der Waals surface area (Å²) in [6.07, 6.45) is -3.06. The number of alkyl halides is 3. The zero-order valence-electron chi connectivity index (χ0n) is 12.0. The first-order chi connectivity index (χ1) is 10.8. The minimum absolute atomic E-state index is 0.0475. The van der Waals surface area contributed by atoms with Crippen molar-refractivity contribution < 1.29 is 22.7 Å². The van der Waals surface area contributed by atoms with Crippen molar-refractivity contribution in [2.24, 2.45) is 5.73 Å². The maximum absolute atomic E-state index is 12.2. The van der Waals surface area contributed by atoms with E-state index in [1.807, 2.05) is 0 Å². The molecule has 0 saturated heterocycles. The lowest BCUT2D eigenvalue weighted by molar-refractivity contribution is -0.154. The summed E-state index contributed by atoms with van der Waals surface area (Å²) in [7, 11) is 0. The molecule has 23 heavy (non-hydrogen) atoms. The Morgan fingerprint density at radius 1 is 1.30 bits per heavy atom. The number of carbonyl (C=O) groups is 1. The molecule has 0 fully saturated rings. The molecule has 0 aliphatic carbocycles. The number of hydrogen-bond acceptors (Lipinski definition) is 5. The third-order valence-electron chi connectivity index (χ3n) is 2.89. The molecule has 2 aromatic rings. The van der Waals surface area contributed by atoms with Crippen molar-refractivity contribution in [1.82, 2.24) is 15.0 Å². The Kier molecular flexibility index (Phi) is 4.77. The van der Waals surface area contributed by atoms with E-state index in [-0.39, 0.29) is 17.4 Å². The number of halogens is 3. The summed E-state index contributed by atoms with van der Waals surface area (Å²) < 4.78 is 41.1. The number of rotatable bonds is 5. The van der Waals surface area contributed by atoms with E-state index in [0.717, 1.165) is 0 Å². The molecule has 1 unspecified atom stereocenters. The van der Waals surface area contributed by atoms with Gasteiger partial charge in [0.25, 0.3) is 5.91 Å². The van der Waals surface area contributed by atoms with Crippen LogP contribution in [0.4, 0.5) is 13.2 Å². The molecule has 2 heterocycles. The van der Waals surface area contributed by atoms with E-state index in [9.17, 15) is 18.0 Å². The molecule has 2 aromatic heterocycles. The topological polar surface area (TPSA) is 91.0 Å². The average molecular weight is 326 g/mol. The molecule has 0 radical (unpaired) electrons. The van der Waals surface area contributed by atoms with Gasteiger partial charge >= 0.3 is 6.18 Å². The van der Waals surface area contributed by atoms with E-state index in [0.29, 0.717) is 5.69 Å². The SMILES string of the molecule is CC(c1cccc(OCC(F)(F)F)n1)c1nccc(C(N)=O)n1. The fourth-order valence-electron chi connectivity index (χ4n) is 1.76. The molecule has 0 aromatic carbocycles. The van der Waals surface area contributed by atoms with E-state index in [2.05, 4.69) is 19.7 Å². The van der Waals surface area contributed by atoms with Crippen LogP contribution in [0, 0.1) is 0 Å². The van der Waals surface area contributed by atoms with Gasteiger partial charge in [0.15, 0.2) is 6.61 Å². The van der Waals surface area contributed by atoms with E-state index in [1.165, 1.54) is 24.4 Å². The first kappa shape index (κ1) is 16.7. The number of nitrogens with zero attached hydrogens (tertiary/aromatic N) is 3. The molecular weight excluding hydrogens is 313 g/mol. The van der Waals surface area contributed by atoms with E-state index >= 15 is 0 Å². The van der Waals surface area contributed by atoms with Gasteiger partial charge in [-0.05, 0) is 19.1 Å². The van der Waals surface area contributed by atoms with Crippen LogP contribution in [-0.4, -0.2) is 33.6 Å². The summed E-state index contributed by atoms with van der Waals surface area (Å²) in [6, 6.07) is 5.81. The van der Waals surface area contributed by atoms with Gasteiger partial charge < -0.3 is 10.5 Å². The van der Waals surface area contributed by atoms with Crippen molar-refractivity contribution in [2.45, 2.75) is 19.0 Å². The number of amides is 1. The van der Waals surface area contributed by atoms with E-state index in [4.69, 9.17) is 5.73 Å². The molecule has 0 saturated carbocycles. The minimum Gasteiger partial charge on any atom is -0.468 e. The average Bonchev–Trinajstić information content (AvgIpc) is 2.52. The summed E-state index contributed by atoms with van der Waals surface area (Å²) in [5.41, 5.74) is 5.61. The number of pyridine rings is 1.